The molecule has 0 radical (unpaired) electrons. The Morgan fingerprint density at radius 1 is 1.00 bits per heavy atom. The highest BCUT2D eigenvalue weighted by Gasteiger charge is 2.36. The topological polar surface area (TPSA) is 76.6 Å². The van der Waals surface area contributed by atoms with Gasteiger partial charge in [-0.3, -0.25) is 14.6 Å². The van der Waals surface area contributed by atoms with E-state index in [0.29, 0.717) is 34.0 Å². The summed E-state index contributed by atoms with van der Waals surface area (Å²) < 4.78 is 5.39. The molecule has 1 aliphatic heterocycles. The van der Waals surface area contributed by atoms with Crippen LogP contribution in [0.25, 0.3) is 10.9 Å². The van der Waals surface area contributed by atoms with E-state index in [1.165, 1.54) is 0 Å². The number of carbonyl (C=O) groups is 3. The van der Waals surface area contributed by atoms with Crippen molar-refractivity contribution in [2.45, 2.75) is 20.3 Å². The smallest absolute Gasteiger partial charge is 0.340 e. The number of hydrogen-bond donors (Lipinski definition) is 0. The Balaban J connectivity index is 1.63. The number of para-hydroxylation sites is 1. The second-order valence-electron chi connectivity index (χ2n) is 6.57. The third-order valence-corrected chi connectivity index (χ3v) is 4.98. The first-order valence-corrected chi connectivity index (χ1v) is 9.03. The van der Waals surface area contributed by atoms with Crippen LogP contribution in [-0.4, -0.2) is 34.4 Å². The zero-order chi connectivity index (χ0) is 19.8. The summed E-state index contributed by atoms with van der Waals surface area (Å²) in [6, 6.07) is 13.9. The van der Waals surface area contributed by atoms with Crippen LogP contribution < -0.4 is 0 Å². The third kappa shape index (κ3) is 2.74. The molecule has 2 aromatic carbocycles. The fraction of sp³-hybridized carbons (Fsp3) is 0.182. The van der Waals surface area contributed by atoms with Crippen molar-refractivity contribution in [3.05, 3.63) is 76.5 Å². The molecule has 0 N–H and O–H groups in total. The molecule has 0 saturated heterocycles. The van der Waals surface area contributed by atoms with E-state index < -0.39 is 24.5 Å². The Labute approximate surface area is 161 Å². The highest BCUT2D eigenvalue weighted by Crippen LogP contribution is 2.26. The van der Waals surface area contributed by atoms with Gasteiger partial charge in [-0.2, -0.15) is 0 Å². The van der Waals surface area contributed by atoms with Crippen molar-refractivity contribution in [1.29, 1.82) is 0 Å². The van der Waals surface area contributed by atoms with Gasteiger partial charge in [0.1, 0.15) is 0 Å². The van der Waals surface area contributed by atoms with Gasteiger partial charge < -0.3 is 4.74 Å². The zero-order valence-corrected chi connectivity index (χ0v) is 15.6. The van der Waals surface area contributed by atoms with Gasteiger partial charge in [-0.1, -0.05) is 37.3 Å². The Morgan fingerprint density at radius 3 is 2.25 bits per heavy atom. The summed E-state index contributed by atoms with van der Waals surface area (Å²) in [4.78, 5) is 43.3. The Morgan fingerprint density at radius 2 is 1.61 bits per heavy atom. The molecule has 0 saturated carbocycles. The Kier molecular flexibility index (Phi) is 4.39. The molecular formula is C22H18N2O4. The van der Waals surface area contributed by atoms with E-state index in [9.17, 15) is 14.4 Å². The number of hydrogen-bond acceptors (Lipinski definition) is 5. The number of esters is 1. The van der Waals surface area contributed by atoms with Gasteiger partial charge in [0.2, 0.25) is 0 Å². The molecule has 0 fully saturated rings. The van der Waals surface area contributed by atoms with Crippen molar-refractivity contribution in [3.8, 4) is 0 Å². The van der Waals surface area contributed by atoms with Crippen molar-refractivity contribution in [3.63, 3.8) is 0 Å². The number of ether oxygens (including phenoxy) is 1. The molecule has 140 valence electrons. The zero-order valence-electron chi connectivity index (χ0n) is 15.6. The lowest BCUT2D eigenvalue weighted by Crippen LogP contribution is -2.33. The summed E-state index contributed by atoms with van der Waals surface area (Å²) in [5, 5.41) is 0.685. The summed E-state index contributed by atoms with van der Waals surface area (Å²) in [5.41, 5.74) is 3.32. The first kappa shape index (κ1) is 17.9. The van der Waals surface area contributed by atoms with Gasteiger partial charge in [-0.25, -0.2) is 9.69 Å². The SMILES string of the molecule is CCc1nc2ccccc2c(C(=O)OCN2C(=O)c3ccccc3C2=O)c1C. The number of carbonyl (C=O) groups excluding carboxylic acids is 3. The molecule has 3 aromatic rings. The number of imide groups is 1. The molecule has 0 aliphatic carbocycles. The summed E-state index contributed by atoms with van der Waals surface area (Å²) in [5.74, 6) is -1.50. The van der Waals surface area contributed by atoms with Crippen molar-refractivity contribution in [2.24, 2.45) is 0 Å². The van der Waals surface area contributed by atoms with E-state index in [0.717, 1.165) is 16.2 Å². The quantitative estimate of drug-likeness (QED) is 0.516. The molecule has 0 unspecified atom stereocenters. The fourth-order valence-electron chi connectivity index (χ4n) is 3.52. The molecule has 6 nitrogen and oxygen atoms in total. The molecular weight excluding hydrogens is 356 g/mol. The van der Waals surface area contributed by atoms with Crippen LogP contribution in [0.15, 0.2) is 48.5 Å². The highest BCUT2D eigenvalue weighted by molar-refractivity contribution is 6.21. The molecule has 0 spiro atoms. The van der Waals surface area contributed by atoms with E-state index >= 15 is 0 Å². The van der Waals surface area contributed by atoms with Gasteiger partial charge in [0.25, 0.3) is 11.8 Å². The number of rotatable bonds is 4. The van der Waals surface area contributed by atoms with E-state index in [1.807, 2.05) is 38.1 Å². The maximum atomic E-state index is 12.9. The molecule has 6 heteroatoms. The van der Waals surface area contributed by atoms with Gasteiger partial charge >= 0.3 is 5.97 Å². The van der Waals surface area contributed by atoms with Crippen LogP contribution in [0.4, 0.5) is 0 Å². The summed E-state index contributed by atoms with van der Waals surface area (Å²) in [7, 11) is 0. The molecule has 0 atom stereocenters. The second kappa shape index (κ2) is 6.88. The predicted octanol–water partition coefficient (Wildman–Crippen LogP) is 3.52. The maximum absolute atomic E-state index is 12.9. The minimum atomic E-state index is -0.581. The van der Waals surface area contributed by atoms with Crippen molar-refractivity contribution < 1.29 is 19.1 Å². The van der Waals surface area contributed by atoms with Crippen molar-refractivity contribution in [2.75, 3.05) is 6.73 Å². The maximum Gasteiger partial charge on any atom is 0.340 e. The molecule has 2 amide bonds. The lowest BCUT2D eigenvalue weighted by atomic mass is 10.0. The largest absolute Gasteiger partial charge is 0.440 e. The molecule has 1 aliphatic rings. The summed E-state index contributed by atoms with van der Waals surface area (Å²) in [6.45, 7) is 3.37. The summed E-state index contributed by atoms with van der Waals surface area (Å²) in [6.07, 6.45) is 0.676. The minimum absolute atomic E-state index is 0.322. The Hall–Kier alpha value is -3.54. The predicted molar refractivity (Wildman–Crippen MR) is 103 cm³/mol. The number of aromatic nitrogens is 1. The van der Waals surface area contributed by atoms with Gasteiger partial charge in [0.15, 0.2) is 6.73 Å². The number of pyridine rings is 1. The molecule has 0 bridgehead atoms. The Bertz CT molecular complexity index is 1100. The van der Waals surface area contributed by atoms with E-state index in [4.69, 9.17) is 4.74 Å². The number of fused-ring (bicyclic) bond motifs is 2. The fourth-order valence-corrected chi connectivity index (χ4v) is 3.52. The van der Waals surface area contributed by atoms with Crippen LogP contribution in [0.3, 0.4) is 0 Å². The lowest BCUT2D eigenvalue weighted by Gasteiger charge is -2.16. The van der Waals surface area contributed by atoms with Crippen LogP contribution in [0.2, 0.25) is 0 Å². The van der Waals surface area contributed by atoms with Crippen LogP contribution in [0.5, 0.6) is 0 Å². The standard InChI is InChI=1S/C22H18N2O4/c1-3-17-13(2)19(16-10-6-7-11-18(16)23-17)22(27)28-12-24-20(25)14-8-4-5-9-15(14)21(24)26/h4-11H,3,12H2,1-2H3. The van der Waals surface area contributed by atoms with Crippen molar-refractivity contribution >= 4 is 28.7 Å². The average Bonchev–Trinajstić information content (AvgIpc) is 2.96. The van der Waals surface area contributed by atoms with Crippen LogP contribution in [0.1, 0.15) is 49.3 Å². The van der Waals surface area contributed by atoms with Gasteiger partial charge in [0, 0.05) is 11.1 Å². The van der Waals surface area contributed by atoms with Crippen LogP contribution in [-0.2, 0) is 11.2 Å². The van der Waals surface area contributed by atoms with Crippen molar-refractivity contribution in [1.82, 2.24) is 9.88 Å². The lowest BCUT2D eigenvalue weighted by molar-refractivity contribution is 0.0229. The highest BCUT2D eigenvalue weighted by atomic mass is 16.5. The van der Waals surface area contributed by atoms with Crippen LogP contribution in [0, 0.1) is 6.92 Å². The van der Waals surface area contributed by atoms with E-state index in [-0.39, 0.29) is 0 Å². The van der Waals surface area contributed by atoms with E-state index in [1.54, 1.807) is 24.3 Å². The van der Waals surface area contributed by atoms with Gasteiger partial charge in [0.05, 0.1) is 22.2 Å². The number of benzene rings is 2. The molecule has 28 heavy (non-hydrogen) atoms. The van der Waals surface area contributed by atoms with E-state index in [2.05, 4.69) is 4.98 Å². The first-order chi connectivity index (χ1) is 13.5. The minimum Gasteiger partial charge on any atom is -0.440 e. The number of nitrogens with zero attached hydrogens (tertiary/aromatic N) is 2. The average molecular weight is 374 g/mol. The molecule has 1 aromatic heterocycles. The third-order valence-electron chi connectivity index (χ3n) is 4.98. The number of amides is 2. The second-order valence-corrected chi connectivity index (χ2v) is 6.57. The van der Waals surface area contributed by atoms with Crippen LogP contribution >= 0.6 is 0 Å². The van der Waals surface area contributed by atoms with Gasteiger partial charge in [-0.15, -0.1) is 0 Å². The normalized spacial score (nSPS) is 13.1. The summed E-state index contributed by atoms with van der Waals surface area (Å²) >= 11 is 0. The monoisotopic (exact) mass is 374 g/mol. The number of aryl methyl sites for hydroxylation is 1. The first-order valence-electron chi connectivity index (χ1n) is 9.03. The molecule has 4 rings (SSSR count). The van der Waals surface area contributed by atoms with Gasteiger partial charge in [-0.05, 0) is 37.1 Å². The molecule has 2 heterocycles.